The maximum atomic E-state index is 9.15. The lowest BCUT2D eigenvalue weighted by molar-refractivity contribution is 0.173. The van der Waals surface area contributed by atoms with Gasteiger partial charge in [0.15, 0.2) is 0 Å². The van der Waals surface area contributed by atoms with Crippen molar-refractivity contribution in [3.05, 3.63) is 47.3 Å². The summed E-state index contributed by atoms with van der Waals surface area (Å²) in [5.74, 6) is 2.11. The van der Waals surface area contributed by atoms with Gasteiger partial charge in [-0.25, -0.2) is 4.99 Å². The van der Waals surface area contributed by atoms with Crippen molar-refractivity contribution in [1.82, 2.24) is 14.7 Å². The number of likely N-dealkylation sites (N-methyl/N-ethyl adjacent to an activating group) is 1. The van der Waals surface area contributed by atoms with Crippen LogP contribution in [0.5, 0.6) is 0 Å². The molecular formula is C31H64N6O. The minimum absolute atomic E-state index is 0.0638. The average Bonchev–Trinajstić information content (AvgIpc) is 2.92. The molecule has 1 saturated heterocycles. The fourth-order valence-electron chi connectivity index (χ4n) is 3.99. The lowest BCUT2D eigenvalue weighted by Gasteiger charge is -2.38. The lowest BCUT2D eigenvalue weighted by Crippen LogP contribution is -2.43. The first-order valence-corrected chi connectivity index (χ1v) is 14.6. The normalized spacial score (nSPS) is 14.3. The standard InChI is InChI=1S/C25H46N6O.3C2H6/c1-18(2)15-24(19(3)4)20(5)28-21(6)31-11-9-22(10-12-31)30(8)25(27)16-23(17-26)29(7)13-14-32;3*1-2/h16-18,22,32H,6,9-15,26-27H2,1-5,7-8H3;3*1-2H3/b23-17+,25-16+,28-20-;;;. The van der Waals surface area contributed by atoms with Crippen LogP contribution in [-0.2, 0) is 0 Å². The van der Waals surface area contributed by atoms with E-state index in [2.05, 4.69) is 51.0 Å². The highest BCUT2D eigenvalue weighted by Gasteiger charge is 2.24. The van der Waals surface area contributed by atoms with E-state index >= 15 is 0 Å². The summed E-state index contributed by atoms with van der Waals surface area (Å²) in [6, 6.07) is 0.344. The molecule has 0 bridgehead atoms. The van der Waals surface area contributed by atoms with E-state index in [4.69, 9.17) is 21.6 Å². The Hall–Kier alpha value is -2.41. The van der Waals surface area contributed by atoms with Gasteiger partial charge >= 0.3 is 0 Å². The molecule has 1 aliphatic heterocycles. The number of rotatable bonds is 11. The summed E-state index contributed by atoms with van der Waals surface area (Å²) < 4.78 is 0. The van der Waals surface area contributed by atoms with Crippen LogP contribution in [0.15, 0.2) is 52.3 Å². The van der Waals surface area contributed by atoms with E-state index < -0.39 is 0 Å². The van der Waals surface area contributed by atoms with E-state index in [1.54, 1.807) is 0 Å². The van der Waals surface area contributed by atoms with E-state index in [0.717, 1.165) is 49.6 Å². The number of nitrogens with two attached hydrogens (primary N) is 2. The first-order chi connectivity index (χ1) is 18.0. The van der Waals surface area contributed by atoms with Gasteiger partial charge in [-0.05, 0) is 51.5 Å². The monoisotopic (exact) mass is 537 g/mol. The molecule has 1 heterocycles. The third-order valence-electron chi connectivity index (χ3n) is 6.08. The second-order valence-electron chi connectivity index (χ2n) is 9.32. The molecule has 7 nitrogen and oxygen atoms in total. The number of nitrogens with zero attached hydrogens (tertiary/aromatic N) is 4. The number of aliphatic hydroxyl groups excluding tert-OH is 1. The Morgan fingerprint density at radius 1 is 1.05 bits per heavy atom. The second-order valence-corrected chi connectivity index (χ2v) is 9.32. The summed E-state index contributed by atoms with van der Waals surface area (Å²) in [4.78, 5) is 11.1. The molecule has 0 spiro atoms. The highest BCUT2D eigenvalue weighted by atomic mass is 16.3. The van der Waals surface area contributed by atoms with E-state index in [0.29, 0.717) is 24.3 Å². The zero-order valence-corrected chi connectivity index (χ0v) is 27.4. The molecule has 0 aromatic carbocycles. The van der Waals surface area contributed by atoms with Gasteiger partial charge in [0, 0.05) is 57.8 Å². The van der Waals surface area contributed by atoms with Gasteiger partial charge in [0.1, 0.15) is 11.6 Å². The highest BCUT2D eigenvalue weighted by Crippen LogP contribution is 2.23. The second kappa shape index (κ2) is 23.7. The van der Waals surface area contributed by atoms with Gasteiger partial charge < -0.3 is 31.3 Å². The molecule has 5 N–H and O–H groups in total. The summed E-state index contributed by atoms with van der Waals surface area (Å²) in [6.07, 6.45) is 6.38. The SMILES string of the molecule is C=C(/N=C(/C)C(CC(C)C)=C(C)C)N1CCC(N(C)/C(N)=C/C(=C\N)N(C)CCO)CC1.CC.CC.CC. The molecule has 0 radical (unpaired) electrons. The summed E-state index contributed by atoms with van der Waals surface area (Å²) in [7, 11) is 3.91. The molecule has 0 amide bonds. The summed E-state index contributed by atoms with van der Waals surface area (Å²) in [5.41, 5.74) is 16.6. The van der Waals surface area contributed by atoms with Gasteiger partial charge in [0.05, 0.1) is 12.3 Å². The zero-order valence-electron chi connectivity index (χ0n) is 27.4. The highest BCUT2D eigenvalue weighted by molar-refractivity contribution is 5.99. The predicted molar refractivity (Wildman–Crippen MR) is 171 cm³/mol. The molecule has 1 aliphatic rings. The van der Waals surface area contributed by atoms with Crippen molar-refractivity contribution in [2.75, 3.05) is 40.3 Å². The van der Waals surface area contributed by atoms with Crippen LogP contribution in [0.25, 0.3) is 0 Å². The van der Waals surface area contributed by atoms with Crippen molar-refractivity contribution in [3.8, 4) is 0 Å². The molecule has 0 unspecified atom stereocenters. The quantitative estimate of drug-likeness (QED) is 0.212. The Labute approximate surface area is 237 Å². The Morgan fingerprint density at radius 2 is 1.55 bits per heavy atom. The molecule has 0 aromatic rings. The van der Waals surface area contributed by atoms with E-state index in [-0.39, 0.29) is 6.61 Å². The van der Waals surface area contributed by atoms with Crippen LogP contribution in [0.1, 0.15) is 95.4 Å². The lowest BCUT2D eigenvalue weighted by atomic mass is 9.96. The number of aliphatic imine (C=N–C) groups is 1. The predicted octanol–water partition coefficient (Wildman–Crippen LogP) is 6.30. The third-order valence-corrected chi connectivity index (χ3v) is 6.08. The van der Waals surface area contributed by atoms with Gasteiger partial charge in [-0.15, -0.1) is 0 Å². The van der Waals surface area contributed by atoms with Crippen molar-refractivity contribution in [2.24, 2.45) is 22.4 Å². The minimum Gasteiger partial charge on any atom is -0.403 e. The summed E-state index contributed by atoms with van der Waals surface area (Å²) in [5, 5.41) is 9.15. The first kappa shape index (κ1) is 40.1. The van der Waals surface area contributed by atoms with Crippen LogP contribution in [0.2, 0.25) is 0 Å². The first-order valence-electron chi connectivity index (χ1n) is 14.6. The maximum Gasteiger partial charge on any atom is 0.121 e. The molecular weight excluding hydrogens is 472 g/mol. The topological polar surface area (TPSA) is 94.3 Å². The van der Waals surface area contributed by atoms with Crippen LogP contribution < -0.4 is 11.5 Å². The van der Waals surface area contributed by atoms with Crippen LogP contribution in [0.4, 0.5) is 0 Å². The van der Waals surface area contributed by atoms with Gasteiger partial charge in [-0.2, -0.15) is 0 Å². The van der Waals surface area contributed by atoms with Crippen LogP contribution >= 0.6 is 0 Å². The molecule has 0 aliphatic carbocycles. The summed E-state index contributed by atoms with van der Waals surface area (Å²) in [6.45, 7) is 29.5. The molecule has 1 rings (SSSR count). The molecule has 0 aromatic heterocycles. The number of hydrogen-bond donors (Lipinski definition) is 3. The zero-order chi connectivity index (χ0) is 30.4. The molecule has 1 fully saturated rings. The maximum absolute atomic E-state index is 9.15. The van der Waals surface area contributed by atoms with Gasteiger partial charge in [-0.3, -0.25) is 0 Å². The Morgan fingerprint density at radius 3 is 1.95 bits per heavy atom. The molecule has 224 valence electrons. The largest absolute Gasteiger partial charge is 0.403 e. The molecule has 0 atom stereocenters. The summed E-state index contributed by atoms with van der Waals surface area (Å²) >= 11 is 0. The van der Waals surface area contributed by atoms with Crippen molar-refractivity contribution >= 4 is 5.71 Å². The van der Waals surface area contributed by atoms with Crippen LogP contribution in [0, 0.1) is 5.92 Å². The van der Waals surface area contributed by atoms with Crippen molar-refractivity contribution < 1.29 is 5.11 Å². The van der Waals surface area contributed by atoms with Crippen molar-refractivity contribution in [3.63, 3.8) is 0 Å². The Kier molecular flexibility index (Phi) is 25.0. The number of aliphatic hydroxyl groups is 1. The van der Waals surface area contributed by atoms with Crippen LogP contribution in [0.3, 0.4) is 0 Å². The molecule has 38 heavy (non-hydrogen) atoms. The number of hydrogen-bond acceptors (Lipinski definition) is 7. The van der Waals surface area contributed by atoms with Gasteiger partial charge in [0.25, 0.3) is 0 Å². The molecule has 0 saturated carbocycles. The number of allylic oxidation sites excluding steroid dienone is 3. The van der Waals surface area contributed by atoms with Crippen LogP contribution in [-0.4, -0.2) is 71.9 Å². The smallest absolute Gasteiger partial charge is 0.121 e. The number of piperidine rings is 1. The van der Waals surface area contributed by atoms with E-state index in [1.807, 2.05) is 66.6 Å². The average molecular weight is 537 g/mol. The van der Waals surface area contributed by atoms with Gasteiger partial charge in [-0.1, -0.05) is 67.5 Å². The number of likely N-dealkylation sites (tertiary alicyclic amines) is 1. The fraction of sp³-hybridized carbons (Fsp3) is 0.710. The van der Waals surface area contributed by atoms with Crippen molar-refractivity contribution in [2.45, 2.75) is 101 Å². The fourth-order valence-corrected chi connectivity index (χ4v) is 3.99. The minimum atomic E-state index is 0.0638. The van der Waals surface area contributed by atoms with E-state index in [9.17, 15) is 0 Å². The molecule has 7 heteroatoms. The van der Waals surface area contributed by atoms with Crippen molar-refractivity contribution in [1.29, 1.82) is 0 Å². The Balaban J connectivity index is -0.00000190. The van der Waals surface area contributed by atoms with E-state index in [1.165, 1.54) is 17.3 Å². The Bertz CT molecular complexity index is 739. The van der Waals surface area contributed by atoms with Gasteiger partial charge in [0.2, 0.25) is 0 Å². The third kappa shape index (κ3) is 15.1.